The fourth-order valence-electron chi connectivity index (χ4n) is 1.61. The highest BCUT2D eigenvalue weighted by Crippen LogP contribution is 2.28. The van der Waals surface area contributed by atoms with Gasteiger partial charge in [0.25, 0.3) is 11.1 Å². The third-order valence-corrected chi connectivity index (χ3v) is 4.45. The highest BCUT2D eigenvalue weighted by molar-refractivity contribution is 8.00. The van der Waals surface area contributed by atoms with E-state index in [4.69, 9.17) is 8.94 Å². The van der Waals surface area contributed by atoms with Gasteiger partial charge in [-0.05, 0) is 25.3 Å². The van der Waals surface area contributed by atoms with Crippen LogP contribution < -0.4 is 5.32 Å². The van der Waals surface area contributed by atoms with Gasteiger partial charge in [0.15, 0.2) is 0 Å². The number of thioether (sulfide) groups is 1. The lowest BCUT2D eigenvalue weighted by molar-refractivity contribution is -0.115. The van der Waals surface area contributed by atoms with Crippen molar-refractivity contribution in [2.24, 2.45) is 0 Å². The van der Waals surface area contributed by atoms with Gasteiger partial charge in [-0.15, -0.1) is 21.5 Å². The Morgan fingerprint density at radius 2 is 2.32 bits per heavy atom. The Morgan fingerprint density at radius 3 is 3.00 bits per heavy atom. The smallest absolute Gasteiger partial charge is 0.277 e. The van der Waals surface area contributed by atoms with Gasteiger partial charge in [-0.1, -0.05) is 23.0 Å². The second-order valence-electron chi connectivity index (χ2n) is 4.43. The molecule has 7 nitrogen and oxygen atoms in total. The summed E-state index contributed by atoms with van der Waals surface area (Å²) in [6.07, 6.45) is 0. The quantitative estimate of drug-likeness (QED) is 0.715. The molecule has 0 saturated heterocycles. The first kappa shape index (κ1) is 14.8. The van der Waals surface area contributed by atoms with Crippen LogP contribution in [0, 0.1) is 6.92 Å². The first-order valence-electron chi connectivity index (χ1n) is 6.40. The van der Waals surface area contributed by atoms with E-state index in [2.05, 4.69) is 20.7 Å². The predicted molar refractivity (Wildman–Crippen MR) is 82.8 cm³/mol. The van der Waals surface area contributed by atoms with Gasteiger partial charge in [0.1, 0.15) is 0 Å². The van der Waals surface area contributed by atoms with E-state index < -0.39 is 5.25 Å². The van der Waals surface area contributed by atoms with Crippen LogP contribution in [0.1, 0.15) is 12.6 Å². The maximum Gasteiger partial charge on any atom is 0.277 e. The Hall–Kier alpha value is -2.13. The zero-order chi connectivity index (χ0) is 15.5. The molecule has 1 amide bonds. The molecule has 0 unspecified atom stereocenters. The van der Waals surface area contributed by atoms with E-state index in [-0.39, 0.29) is 5.91 Å². The summed E-state index contributed by atoms with van der Waals surface area (Å²) in [7, 11) is 0. The predicted octanol–water partition coefficient (Wildman–Crippen LogP) is 3.21. The first-order valence-corrected chi connectivity index (χ1v) is 8.16. The van der Waals surface area contributed by atoms with Gasteiger partial charge in [-0.25, -0.2) is 0 Å². The molecule has 0 aliphatic heterocycles. The van der Waals surface area contributed by atoms with Crippen molar-refractivity contribution in [1.82, 2.24) is 15.4 Å². The molecule has 1 atom stereocenters. The number of rotatable bonds is 5. The molecule has 9 heteroatoms. The van der Waals surface area contributed by atoms with Crippen LogP contribution in [-0.4, -0.2) is 26.5 Å². The molecule has 0 fully saturated rings. The SMILES string of the molecule is Cc1cc(NC(=O)[C@H](C)Sc2nnc(-c3cccs3)o2)on1. The molecule has 0 saturated carbocycles. The molecule has 0 aromatic carbocycles. The topological polar surface area (TPSA) is 94.1 Å². The Balaban J connectivity index is 1.61. The van der Waals surface area contributed by atoms with Gasteiger partial charge in [-0.3, -0.25) is 10.1 Å². The molecular formula is C13H12N4O3S2. The lowest BCUT2D eigenvalue weighted by atomic mass is 10.4. The van der Waals surface area contributed by atoms with E-state index in [9.17, 15) is 4.79 Å². The molecule has 0 bridgehead atoms. The molecule has 3 aromatic heterocycles. The minimum Gasteiger partial charge on any atom is -0.410 e. The van der Waals surface area contributed by atoms with Crippen LogP contribution in [0.4, 0.5) is 5.88 Å². The van der Waals surface area contributed by atoms with Crippen molar-refractivity contribution in [2.75, 3.05) is 5.32 Å². The van der Waals surface area contributed by atoms with Gasteiger partial charge in [0.2, 0.25) is 11.8 Å². The number of anilines is 1. The summed E-state index contributed by atoms with van der Waals surface area (Å²) in [5.41, 5.74) is 0.702. The maximum atomic E-state index is 12.1. The molecule has 3 aromatic rings. The van der Waals surface area contributed by atoms with Gasteiger partial charge < -0.3 is 8.94 Å². The van der Waals surface area contributed by atoms with Gasteiger partial charge in [-0.2, -0.15) is 0 Å². The minimum atomic E-state index is -0.415. The summed E-state index contributed by atoms with van der Waals surface area (Å²) < 4.78 is 10.5. The third-order valence-electron chi connectivity index (χ3n) is 2.66. The maximum absolute atomic E-state index is 12.1. The van der Waals surface area contributed by atoms with Crippen LogP contribution in [-0.2, 0) is 4.79 Å². The highest BCUT2D eigenvalue weighted by Gasteiger charge is 2.20. The zero-order valence-corrected chi connectivity index (χ0v) is 13.4. The van der Waals surface area contributed by atoms with E-state index in [0.717, 1.165) is 4.88 Å². The Labute approximate surface area is 134 Å². The fraction of sp³-hybridized carbons (Fsp3) is 0.231. The van der Waals surface area contributed by atoms with Crippen molar-refractivity contribution >= 4 is 34.9 Å². The average Bonchev–Trinajstić information content (AvgIpc) is 3.20. The molecule has 0 aliphatic rings. The molecule has 0 radical (unpaired) electrons. The van der Waals surface area contributed by atoms with Crippen molar-refractivity contribution < 1.29 is 13.7 Å². The molecule has 22 heavy (non-hydrogen) atoms. The van der Waals surface area contributed by atoms with Crippen molar-refractivity contribution in [2.45, 2.75) is 24.3 Å². The average molecular weight is 336 g/mol. The Bertz CT molecular complexity index is 766. The largest absolute Gasteiger partial charge is 0.410 e. The zero-order valence-electron chi connectivity index (χ0n) is 11.8. The number of hydrogen-bond donors (Lipinski definition) is 1. The highest BCUT2D eigenvalue weighted by atomic mass is 32.2. The van der Waals surface area contributed by atoms with Crippen LogP contribution in [0.2, 0.25) is 0 Å². The van der Waals surface area contributed by atoms with E-state index in [1.165, 1.54) is 23.1 Å². The summed E-state index contributed by atoms with van der Waals surface area (Å²) in [6.45, 7) is 3.53. The molecule has 1 N–H and O–H groups in total. The number of amides is 1. The van der Waals surface area contributed by atoms with Crippen LogP contribution in [0.25, 0.3) is 10.8 Å². The van der Waals surface area contributed by atoms with Crippen molar-refractivity contribution in [3.05, 3.63) is 29.3 Å². The number of carbonyl (C=O) groups excluding carboxylic acids is 1. The lowest BCUT2D eigenvalue weighted by Gasteiger charge is -2.06. The van der Waals surface area contributed by atoms with E-state index in [1.807, 2.05) is 17.5 Å². The number of thiophene rings is 1. The number of nitrogens with one attached hydrogen (secondary N) is 1. The number of aromatic nitrogens is 3. The number of nitrogens with zero attached hydrogens (tertiary/aromatic N) is 3. The van der Waals surface area contributed by atoms with Crippen LogP contribution in [0.3, 0.4) is 0 Å². The summed E-state index contributed by atoms with van der Waals surface area (Å²) >= 11 is 2.70. The summed E-state index contributed by atoms with van der Waals surface area (Å²) in [6, 6.07) is 5.46. The van der Waals surface area contributed by atoms with E-state index >= 15 is 0 Å². The number of aryl methyl sites for hydroxylation is 1. The molecule has 0 aliphatic carbocycles. The van der Waals surface area contributed by atoms with E-state index in [0.29, 0.717) is 22.7 Å². The van der Waals surface area contributed by atoms with Crippen molar-refractivity contribution in [1.29, 1.82) is 0 Å². The van der Waals surface area contributed by atoms with Crippen molar-refractivity contribution in [3.8, 4) is 10.8 Å². The molecule has 3 heterocycles. The minimum absolute atomic E-state index is 0.225. The number of hydrogen-bond acceptors (Lipinski definition) is 8. The van der Waals surface area contributed by atoms with E-state index in [1.54, 1.807) is 19.9 Å². The monoisotopic (exact) mass is 336 g/mol. The molecular weight excluding hydrogens is 324 g/mol. The number of carbonyl (C=O) groups is 1. The normalized spacial score (nSPS) is 12.3. The second-order valence-corrected chi connectivity index (χ2v) is 6.67. The summed E-state index contributed by atoms with van der Waals surface area (Å²) in [5.74, 6) is 0.549. The van der Waals surface area contributed by atoms with Crippen LogP contribution in [0.15, 0.2) is 37.7 Å². The molecule has 0 spiro atoms. The molecule has 3 rings (SSSR count). The van der Waals surface area contributed by atoms with Gasteiger partial charge in [0.05, 0.1) is 15.8 Å². The van der Waals surface area contributed by atoms with Crippen LogP contribution in [0.5, 0.6) is 0 Å². The Morgan fingerprint density at radius 1 is 1.45 bits per heavy atom. The first-order chi connectivity index (χ1) is 10.6. The lowest BCUT2D eigenvalue weighted by Crippen LogP contribution is -2.22. The summed E-state index contributed by atoms with van der Waals surface area (Å²) in [5, 5.41) is 16.1. The Kier molecular flexibility index (Phi) is 4.25. The standard InChI is InChI=1S/C13H12N4O3S2/c1-7-6-10(20-17-7)14-11(18)8(2)22-13-16-15-12(19-13)9-4-3-5-21-9/h3-6,8H,1-2H3,(H,14,18)/t8-/m0/s1. The van der Waals surface area contributed by atoms with Gasteiger partial charge >= 0.3 is 0 Å². The van der Waals surface area contributed by atoms with Gasteiger partial charge in [0, 0.05) is 6.07 Å². The fourth-order valence-corrected chi connectivity index (χ4v) is 2.94. The second kappa shape index (κ2) is 6.32. The van der Waals surface area contributed by atoms with Crippen LogP contribution >= 0.6 is 23.1 Å². The molecule has 114 valence electrons. The van der Waals surface area contributed by atoms with Crippen molar-refractivity contribution in [3.63, 3.8) is 0 Å². The summed E-state index contributed by atoms with van der Waals surface area (Å²) in [4.78, 5) is 13.0. The third kappa shape index (κ3) is 3.37.